The van der Waals surface area contributed by atoms with Crippen LogP contribution in [0.5, 0.6) is 0 Å². The molecule has 1 aromatic carbocycles. The number of nitrogens with one attached hydrogen (secondary N) is 2. The largest absolute Gasteiger partial charge is 0.374 e. The van der Waals surface area contributed by atoms with Crippen LogP contribution in [-0.4, -0.2) is 40.1 Å². The number of nitrogens with zero attached hydrogens (tertiary/aromatic N) is 3. The maximum absolute atomic E-state index is 12.6. The number of anilines is 1. The number of amides is 1. The highest BCUT2D eigenvalue weighted by Crippen LogP contribution is 2.21. The molecule has 2 heterocycles. The number of benzene rings is 1. The summed E-state index contributed by atoms with van der Waals surface area (Å²) in [5.41, 5.74) is 3.01. The summed E-state index contributed by atoms with van der Waals surface area (Å²) in [7, 11) is 0. The zero-order valence-corrected chi connectivity index (χ0v) is 15.7. The average Bonchev–Trinajstić information content (AvgIpc) is 3.03. The number of piperidine rings is 1. The molecule has 2 aromatic rings. The monoisotopic (exact) mass is 357 g/mol. The van der Waals surface area contributed by atoms with Crippen LogP contribution in [0.1, 0.15) is 54.5 Å². The van der Waals surface area contributed by atoms with Crippen molar-refractivity contribution in [1.82, 2.24) is 20.3 Å². The van der Waals surface area contributed by atoms with E-state index in [1.807, 2.05) is 49.7 Å². The molecule has 1 saturated heterocycles. The van der Waals surface area contributed by atoms with Gasteiger partial charge < -0.3 is 15.4 Å². The van der Waals surface area contributed by atoms with Crippen molar-refractivity contribution in [1.29, 1.82) is 0 Å². The smallest absolute Gasteiger partial charge is 0.278 e. The maximum Gasteiger partial charge on any atom is 0.278 e. The molecule has 3 rings (SSSR count). The van der Waals surface area contributed by atoms with Crippen molar-refractivity contribution in [2.45, 2.75) is 52.4 Å². The first-order valence-corrected chi connectivity index (χ1v) is 9.19. The van der Waals surface area contributed by atoms with Crippen LogP contribution in [0, 0.1) is 6.92 Å². The minimum atomic E-state index is -0.228. The van der Waals surface area contributed by atoms with Gasteiger partial charge in [0.15, 0.2) is 5.69 Å². The van der Waals surface area contributed by atoms with E-state index in [2.05, 4.69) is 20.9 Å². The molecule has 7 heteroatoms. The van der Waals surface area contributed by atoms with E-state index >= 15 is 0 Å². The number of hydrogen-bond donors (Lipinski definition) is 2. The number of ether oxygens (including phenoxy) is 1. The molecule has 0 saturated carbocycles. The van der Waals surface area contributed by atoms with Crippen LogP contribution in [-0.2, 0) is 11.3 Å². The van der Waals surface area contributed by atoms with E-state index in [0.717, 1.165) is 42.9 Å². The van der Waals surface area contributed by atoms with Crippen LogP contribution in [0.3, 0.4) is 0 Å². The third-order valence-corrected chi connectivity index (χ3v) is 4.59. The van der Waals surface area contributed by atoms with E-state index in [1.54, 1.807) is 0 Å². The fourth-order valence-electron chi connectivity index (χ4n) is 3.09. The van der Waals surface area contributed by atoms with E-state index in [1.165, 1.54) is 0 Å². The maximum atomic E-state index is 12.6. The van der Waals surface area contributed by atoms with Crippen molar-refractivity contribution in [2.75, 3.05) is 18.4 Å². The summed E-state index contributed by atoms with van der Waals surface area (Å²) in [6.07, 6.45) is 2.20. The summed E-state index contributed by atoms with van der Waals surface area (Å²) in [6, 6.07) is 7.98. The lowest BCUT2D eigenvalue weighted by Crippen LogP contribution is -2.30. The lowest BCUT2D eigenvalue weighted by atomic mass is 10.1. The minimum absolute atomic E-state index is 0.194. The Morgan fingerprint density at radius 2 is 2.00 bits per heavy atom. The van der Waals surface area contributed by atoms with Gasteiger partial charge in [-0.05, 0) is 64.4 Å². The van der Waals surface area contributed by atoms with E-state index < -0.39 is 0 Å². The van der Waals surface area contributed by atoms with E-state index in [-0.39, 0.29) is 12.0 Å². The Kier molecular flexibility index (Phi) is 6.00. The second kappa shape index (κ2) is 8.42. The van der Waals surface area contributed by atoms with Gasteiger partial charge in [0.05, 0.1) is 24.4 Å². The highest BCUT2D eigenvalue weighted by Gasteiger charge is 2.22. The Morgan fingerprint density at radius 1 is 1.31 bits per heavy atom. The Balaban J connectivity index is 1.63. The first kappa shape index (κ1) is 18.5. The van der Waals surface area contributed by atoms with Crippen molar-refractivity contribution in [3.8, 4) is 0 Å². The van der Waals surface area contributed by atoms with E-state index in [9.17, 15) is 4.79 Å². The van der Waals surface area contributed by atoms with Gasteiger partial charge in [-0.3, -0.25) is 4.79 Å². The van der Waals surface area contributed by atoms with Crippen molar-refractivity contribution >= 4 is 11.6 Å². The van der Waals surface area contributed by atoms with Crippen molar-refractivity contribution < 1.29 is 9.53 Å². The van der Waals surface area contributed by atoms with Crippen LogP contribution >= 0.6 is 0 Å². The summed E-state index contributed by atoms with van der Waals surface area (Å²) >= 11 is 0. The van der Waals surface area contributed by atoms with Crippen LogP contribution < -0.4 is 10.6 Å². The van der Waals surface area contributed by atoms with Crippen molar-refractivity contribution in [3.63, 3.8) is 0 Å². The molecule has 0 unspecified atom stereocenters. The van der Waals surface area contributed by atoms with Crippen LogP contribution in [0.25, 0.3) is 0 Å². The van der Waals surface area contributed by atoms with Gasteiger partial charge in [0, 0.05) is 5.69 Å². The first-order chi connectivity index (χ1) is 12.5. The van der Waals surface area contributed by atoms with Crippen molar-refractivity contribution in [2.24, 2.45) is 0 Å². The van der Waals surface area contributed by atoms with Gasteiger partial charge in [-0.2, -0.15) is 0 Å². The molecule has 1 aromatic heterocycles. The van der Waals surface area contributed by atoms with Gasteiger partial charge in [0.1, 0.15) is 0 Å². The summed E-state index contributed by atoms with van der Waals surface area (Å²) < 4.78 is 7.47. The summed E-state index contributed by atoms with van der Waals surface area (Å²) in [5, 5.41) is 14.6. The standard InChI is InChI=1S/C19H27N5O2/c1-13(2)26-12-15-4-6-16(7-5-15)21-19(25)18-14(3)24(23-22-18)17-8-10-20-11-9-17/h4-7,13,17,20H,8-12H2,1-3H3,(H,21,25). The van der Waals surface area contributed by atoms with Gasteiger partial charge in [0.2, 0.25) is 0 Å². The average molecular weight is 357 g/mol. The Labute approximate surface area is 154 Å². The van der Waals surface area contributed by atoms with Gasteiger partial charge in [-0.25, -0.2) is 4.68 Å². The first-order valence-electron chi connectivity index (χ1n) is 9.19. The topological polar surface area (TPSA) is 81.1 Å². The molecular weight excluding hydrogens is 330 g/mol. The molecule has 1 aliphatic heterocycles. The molecule has 0 aliphatic carbocycles. The van der Waals surface area contributed by atoms with Crippen LogP contribution in [0.4, 0.5) is 5.69 Å². The van der Waals surface area contributed by atoms with Gasteiger partial charge in [0.25, 0.3) is 5.91 Å². The molecule has 1 fully saturated rings. The van der Waals surface area contributed by atoms with Crippen LogP contribution in [0.15, 0.2) is 24.3 Å². The Bertz CT molecular complexity index is 733. The molecule has 26 heavy (non-hydrogen) atoms. The Morgan fingerprint density at radius 3 is 2.65 bits per heavy atom. The fraction of sp³-hybridized carbons (Fsp3) is 0.526. The fourth-order valence-corrected chi connectivity index (χ4v) is 3.09. The lowest BCUT2D eigenvalue weighted by molar-refractivity contribution is 0.0657. The molecule has 0 radical (unpaired) electrons. The molecule has 1 amide bonds. The molecule has 1 aliphatic rings. The molecule has 0 spiro atoms. The van der Waals surface area contributed by atoms with Gasteiger partial charge >= 0.3 is 0 Å². The number of hydrogen-bond acceptors (Lipinski definition) is 5. The molecular formula is C19H27N5O2. The summed E-state index contributed by atoms with van der Waals surface area (Å²) in [4.78, 5) is 12.6. The lowest BCUT2D eigenvalue weighted by Gasteiger charge is -2.23. The zero-order valence-electron chi connectivity index (χ0n) is 15.7. The summed E-state index contributed by atoms with van der Waals surface area (Å²) in [6.45, 7) is 8.43. The third kappa shape index (κ3) is 4.47. The second-order valence-corrected chi connectivity index (χ2v) is 6.96. The van der Waals surface area contributed by atoms with Crippen molar-refractivity contribution in [3.05, 3.63) is 41.2 Å². The molecule has 0 bridgehead atoms. The molecule has 140 valence electrons. The van der Waals surface area contributed by atoms with Crippen LogP contribution in [0.2, 0.25) is 0 Å². The highest BCUT2D eigenvalue weighted by molar-refractivity contribution is 6.03. The van der Waals surface area contributed by atoms with E-state index in [4.69, 9.17) is 4.74 Å². The SMILES string of the molecule is Cc1c(C(=O)Nc2ccc(COC(C)C)cc2)nnn1C1CCNCC1. The Hall–Kier alpha value is -2.25. The molecule has 0 atom stereocenters. The molecule has 2 N–H and O–H groups in total. The predicted octanol–water partition coefficient (Wildman–Crippen LogP) is 2.69. The second-order valence-electron chi connectivity index (χ2n) is 6.96. The quantitative estimate of drug-likeness (QED) is 0.831. The van der Waals surface area contributed by atoms with E-state index in [0.29, 0.717) is 18.3 Å². The molecule has 7 nitrogen and oxygen atoms in total. The number of carbonyl (C=O) groups is 1. The number of aromatic nitrogens is 3. The van der Waals surface area contributed by atoms with Gasteiger partial charge in [-0.1, -0.05) is 17.3 Å². The summed E-state index contributed by atoms with van der Waals surface area (Å²) in [5.74, 6) is -0.228. The highest BCUT2D eigenvalue weighted by atomic mass is 16.5. The predicted molar refractivity (Wildman–Crippen MR) is 100 cm³/mol. The third-order valence-electron chi connectivity index (χ3n) is 4.59. The minimum Gasteiger partial charge on any atom is -0.374 e. The number of rotatable bonds is 6. The zero-order chi connectivity index (χ0) is 18.5. The van der Waals surface area contributed by atoms with Gasteiger partial charge in [-0.15, -0.1) is 5.10 Å². The normalized spacial score (nSPS) is 15.4. The number of carbonyl (C=O) groups excluding carboxylic acids is 1.